The number of nitrogens with zero attached hydrogens (tertiary/aromatic N) is 2. The molecule has 0 fully saturated rings. The number of aromatic nitrogens is 2. The molecule has 1 aromatic carbocycles. The number of hydrogen-bond acceptors (Lipinski definition) is 3. The van der Waals surface area contributed by atoms with Crippen molar-refractivity contribution in [1.82, 2.24) is 9.78 Å². The Balaban J connectivity index is 2.21. The topological polar surface area (TPSA) is 55.9 Å². The highest BCUT2D eigenvalue weighted by molar-refractivity contribution is 14.1. The fourth-order valence-corrected chi connectivity index (χ4v) is 1.63. The van der Waals surface area contributed by atoms with Crippen molar-refractivity contribution in [3.8, 4) is 0 Å². The van der Waals surface area contributed by atoms with Crippen molar-refractivity contribution in [3.05, 3.63) is 34.0 Å². The maximum Gasteiger partial charge on any atom is 0.175 e. The normalized spacial score (nSPS) is 10.3. The molecule has 0 unspecified atom stereocenters. The van der Waals surface area contributed by atoms with Crippen LogP contribution in [0.25, 0.3) is 0 Å². The van der Waals surface area contributed by atoms with E-state index in [0.29, 0.717) is 11.5 Å². The molecule has 3 N–H and O–H groups in total. The monoisotopic (exact) mass is 314 g/mol. The average Bonchev–Trinajstić information content (AvgIpc) is 2.49. The maximum absolute atomic E-state index is 5.77. The first kappa shape index (κ1) is 10.3. The number of nitrogens with one attached hydrogen (secondary N) is 1. The number of nitrogens with two attached hydrogens (primary N) is 1. The average molecular weight is 314 g/mol. The van der Waals surface area contributed by atoms with Gasteiger partial charge in [0.05, 0.1) is 5.69 Å². The quantitative estimate of drug-likeness (QED) is 0.837. The molecule has 0 saturated carbocycles. The summed E-state index contributed by atoms with van der Waals surface area (Å²) in [4.78, 5) is 0. The lowest BCUT2D eigenvalue weighted by atomic mass is 10.3. The molecule has 15 heavy (non-hydrogen) atoms. The predicted octanol–water partition coefficient (Wildman–Crippen LogP) is 2.35. The van der Waals surface area contributed by atoms with Gasteiger partial charge in [-0.25, -0.2) is 0 Å². The number of halogens is 1. The third-order valence-electron chi connectivity index (χ3n) is 1.96. The van der Waals surface area contributed by atoms with Crippen molar-refractivity contribution in [2.24, 2.45) is 7.05 Å². The molecule has 4 nitrogen and oxygen atoms in total. The van der Waals surface area contributed by atoms with Gasteiger partial charge in [-0.1, -0.05) is 0 Å². The summed E-state index contributed by atoms with van der Waals surface area (Å²) in [6, 6.07) is 8.05. The Labute approximate surface area is 102 Å². The molecule has 2 aromatic rings. The minimum atomic E-state index is 0.649. The van der Waals surface area contributed by atoms with Crippen LogP contribution in [0, 0.1) is 3.57 Å². The van der Waals surface area contributed by atoms with Crippen LogP contribution in [0.4, 0.5) is 17.2 Å². The number of anilines is 3. The van der Waals surface area contributed by atoms with E-state index in [2.05, 4.69) is 33.0 Å². The summed E-state index contributed by atoms with van der Waals surface area (Å²) >= 11 is 2.27. The Bertz CT molecular complexity index is 461. The van der Waals surface area contributed by atoms with Crippen LogP contribution >= 0.6 is 22.6 Å². The maximum atomic E-state index is 5.77. The van der Waals surface area contributed by atoms with E-state index in [1.54, 1.807) is 10.9 Å². The van der Waals surface area contributed by atoms with Crippen molar-refractivity contribution >= 4 is 39.8 Å². The van der Waals surface area contributed by atoms with E-state index in [-0.39, 0.29) is 0 Å². The first-order valence-electron chi connectivity index (χ1n) is 4.47. The van der Waals surface area contributed by atoms with E-state index in [1.807, 2.05) is 31.3 Å². The predicted molar refractivity (Wildman–Crippen MR) is 70.1 cm³/mol. The van der Waals surface area contributed by atoms with E-state index in [0.717, 1.165) is 5.69 Å². The highest BCUT2D eigenvalue weighted by Crippen LogP contribution is 2.21. The second-order valence-corrected chi connectivity index (χ2v) is 4.48. The fourth-order valence-electron chi connectivity index (χ4n) is 1.27. The van der Waals surface area contributed by atoms with E-state index < -0.39 is 0 Å². The van der Waals surface area contributed by atoms with Gasteiger partial charge in [0.15, 0.2) is 5.82 Å². The van der Waals surface area contributed by atoms with Crippen molar-refractivity contribution < 1.29 is 0 Å². The summed E-state index contributed by atoms with van der Waals surface area (Å²) in [6.45, 7) is 0. The second kappa shape index (κ2) is 4.09. The molecule has 78 valence electrons. The minimum Gasteiger partial charge on any atom is -0.394 e. The number of benzene rings is 1. The summed E-state index contributed by atoms with van der Waals surface area (Å²) in [6.07, 6.45) is 1.77. The minimum absolute atomic E-state index is 0.649. The summed E-state index contributed by atoms with van der Waals surface area (Å²) in [5.41, 5.74) is 7.41. The van der Waals surface area contributed by atoms with Gasteiger partial charge in [0.1, 0.15) is 0 Å². The first-order chi connectivity index (χ1) is 7.15. The molecular weight excluding hydrogens is 303 g/mol. The van der Waals surface area contributed by atoms with E-state index >= 15 is 0 Å². The third-order valence-corrected chi connectivity index (χ3v) is 2.68. The largest absolute Gasteiger partial charge is 0.394 e. The molecule has 0 aliphatic rings. The Morgan fingerprint density at radius 1 is 1.33 bits per heavy atom. The van der Waals surface area contributed by atoms with Crippen LogP contribution in [-0.2, 0) is 7.05 Å². The van der Waals surface area contributed by atoms with Gasteiger partial charge in [-0.15, -0.1) is 0 Å². The standard InChI is InChI=1S/C10H11IN4/c1-15-6-9(12)10(14-15)13-8-4-2-7(11)3-5-8/h2-6H,12H2,1H3,(H,13,14). The van der Waals surface area contributed by atoms with Crippen LogP contribution in [0.3, 0.4) is 0 Å². The van der Waals surface area contributed by atoms with Gasteiger partial charge in [-0.2, -0.15) is 5.10 Å². The highest BCUT2D eigenvalue weighted by atomic mass is 127. The lowest BCUT2D eigenvalue weighted by molar-refractivity contribution is 0.771. The molecule has 0 atom stereocenters. The Hall–Kier alpha value is -1.24. The zero-order valence-electron chi connectivity index (χ0n) is 8.24. The van der Waals surface area contributed by atoms with Crippen molar-refractivity contribution in [2.75, 3.05) is 11.1 Å². The third kappa shape index (κ3) is 2.41. The van der Waals surface area contributed by atoms with Gasteiger partial charge in [-0.05, 0) is 46.9 Å². The smallest absolute Gasteiger partial charge is 0.175 e. The van der Waals surface area contributed by atoms with E-state index in [4.69, 9.17) is 5.73 Å². The Morgan fingerprint density at radius 3 is 2.53 bits per heavy atom. The summed E-state index contributed by atoms with van der Waals surface area (Å²) in [5, 5.41) is 7.37. The van der Waals surface area contributed by atoms with Gasteiger partial charge in [0, 0.05) is 22.5 Å². The number of nitrogen functional groups attached to an aromatic ring is 1. The van der Waals surface area contributed by atoms with Gasteiger partial charge in [0.25, 0.3) is 0 Å². The summed E-state index contributed by atoms with van der Waals surface area (Å²) < 4.78 is 2.89. The second-order valence-electron chi connectivity index (χ2n) is 3.24. The molecule has 0 spiro atoms. The van der Waals surface area contributed by atoms with Gasteiger partial charge < -0.3 is 11.1 Å². The van der Waals surface area contributed by atoms with Gasteiger partial charge in [-0.3, -0.25) is 4.68 Å². The molecule has 5 heteroatoms. The Morgan fingerprint density at radius 2 is 2.00 bits per heavy atom. The first-order valence-corrected chi connectivity index (χ1v) is 5.55. The van der Waals surface area contributed by atoms with Crippen molar-refractivity contribution in [1.29, 1.82) is 0 Å². The number of rotatable bonds is 2. The van der Waals surface area contributed by atoms with Crippen molar-refractivity contribution in [2.45, 2.75) is 0 Å². The van der Waals surface area contributed by atoms with Crippen LogP contribution in [0.1, 0.15) is 0 Å². The molecule has 1 aromatic heterocycles. The zero-order chi connectivity index (χ0) is 10.8. The molecular formula is C10H11IN4. The molecule has 0 bridgehead atoms. The number of hydrogen-bond donors (Lipinski definition) is 2. The van der Waals surface area contributed by atoms with E-state index in [1.165, 1.54) is 3.57 Å². The zero-order valence-corrected chi connectivity index (χ0v) is 10.4. The molecule has 0 amide bonds. The molecule has 0 aliphatic carbocycles. The van der Waals surface area contributed by atoms with Crippen LogP contribution in [0.5, 0.6) is 0 Å². The summed E-state index contributed by atoms with van der Waals surface area (Å²) in [7, 11) is 1.84. The molecule has 1 heterocycles. The van der Waals surface area contributed by atoms with Gasteiger partial charge in [0.2, 0.25) is 0 Å². The van der Waals surface area contributed by atoms with Crippen LogP contribution in [0.15, 0.2) is 30.5 Å². The Kier molecular flexibility index (Phi) is 2.81. The van der Waals surface area contributed by atoms with Crippen LogP contribution < -0.4 is 11.1 Å². The lowest BCUT2D eigenvalue weighted by Crippen LogP contribution is -1.95. The van der Waals surface area contributed by atoms with Crippen LogP contribution in [0.2, 0.25) is 0 Å². The molecule has 0 saturated heterocycles. The molecule has 2 rings (SSSR count). The molecule has 0 radical (unpaired) electrons. The molecule has 0 aliphatic heterocycles. The van der Waals surface area contributed by atoms with Crippen LogP contribution in [-0.4, -0.2) is 9.78 Å². The highest BCUT2D eigenvalue weighted by Gasteiger charge is 2.03. The number of aryl methyl sites for hydroxylation is 1. The fraction of sp³-hybridized carbons (Fsp3) is 0.100. The SMILES string of the molecule is Cn1cc(N)c(Nc2ccc(I)cc2)n1. The summed E-state index contributed by atoms with van der Waals surface area (Å²) in [5.74, 6) is 0.693. The van der Waals surface area contributed by atoms with Gasteiger partial charge >= 0.3 is 0 Å². The lowest BCUT2D eigenvalue weighted by Gasteiger charge is -2.03. The van der Waals surface area contributed by atoms with E-state index in [9.17, 15) is 0 Å². The van der Waals surface area contributed by atoms with Crippen molar-refractivity contribution in [3.63, 3.8) is 0 Å².